The molecule has 0 radical (unpaired) electrons. The Kier molecular flexibility index (Phi) is 4.72. The van der Waals surface area contributed by atoms with E-state index in [1.165, 1.54) is 12.8 Å². The van der Waals surface area contributed by atoms with Gasteiger partial charge in [-0.3, -0.25) is 4.79 Å². The highest BCUT2D eigenvalue weighted by molar-refractivity contribution is 5.95. The second kappa shape index (κ2) is 6.91. The Bertz CT molecular complexity index is 463. The van der Waals surface area contributed by atoms with Crippen LogP contribution in [0.15, 0.2) is 24.3 Å². The summed E-state index contributed by atoms with van der Waals surface area (Å²) in [6.07, 6.45) is 5.16. The predicted octanol–water partition coefficient (Wildman–Crippen LogP) is 1.93. The van der Waals surface area contributed by atoms with Crippen LogP contribution < -0.4 is 15.4 Å². The van der Waals surface area contributed by atoms with Crippen LogP contribution >= 0.6 is 0 Å². The molecule has 0 aromatic heterocycles. The number of anilines is 1. The molecule has 1 saturated carbocycles. The van der Waals surface area contributed by atoms with Crippen molar-refractivity contribution >= 4 is 11.6 Å². The smallest absolute Gasteiger partial charge is 0.243 e. The third-order valence-corrected chi connectivity index (χ3v) is 3.96. The van der Waals surface area contributed by atoms with Gasteiger partial charge in [-0.1, -0.05) is 0 Å². The van der Waals surface area contributed by atoms with E-state index in [0.29, 0.717) is 25.9 Å². The van der Waals surface area contributed by atoms with Crippen LogP contribution in [0.5, 0.6) is 5.75 Å². The van der Waals surface area contributed by atoms with Gasteiger partial charge in [0.15, 0.2) is 0 Å². The standard InChI is InChI=1S/C16H22N2O3/c19-16(15-11-20-10-9-17-15)18-12-5-7-14(8-6-12)21-13-3-1-2-4-13/h5-8,13,15,17H,1-4,9-11H2,(H,18,19). The molecule has 1 heterocycles. The monoisotopic (exact) mass is 290 g/mol. The maximum Gasteiger partial charge on any atom is 0.243 e. The van der Waals surface area contributed by atoms with Crippen LogP contribution in [0.25, 0.3) is 0 Å². The van der Waals surface area contributed by atoms with E-state index >= 15 is 0 Å². The fourth-order valence-corrected chi connectivity index (χ4v) is 2.78. The molecule has 5 nitrogen and oxygen atoms in total. The fraction of sp³-hybridized carbons (Fsp3) is 0.562. The van der Waals surface area contributed by atoms with Crippen molar-refractivity contribution in [1.29, 1.82) is 0 Å². The second-order valence-electron chi connectivity index (χ2n) is 5.62. The van der Waals surface area contributed by atoms with Gasteiger partial charge >= 0.3 is 0 Å². The molecule has 1 unspecified atom stereocenters. The summed E-state index contributed by atoms with van der Waals surface area (Å²) in [7, 11) is 0. The Morgan fingerprint density at radius 3 is 2.67 bits per heavy atom. The lowest BCUT2D eigenvalue weighted by atomic mass is 10.2. The molecular formula is C16H22N2O3. The van der Waals surface area contributed by atoms with Crippen LogP contribution in [-0.4, -0.2) is 37.8 Å². The van der Waals surface area contributed by atoms with E-state index in [0.717, 1.165) is 24.3 Å². The highest BCUT2D eigenvalue weighted by Gasteiger charge is 2.21. The summed E-state index contributed by atoms with van der Waals surface area (Å²) in [5.41, 5.74) is 0.783. The predicted molar refractivity (Wildman–Crippen MR) is 80.6 cm³/mol. The van der Waals surface area contributed by atoms with E-state index < -0.39 is 0 Å². The van der Waals surface area contributed by atoms with Crippen LogP contribution in [0.2, 0.25) is 0 Å². The molecule has 2 fully saturated rings. The minimum Gasteiger partial charge on any atom is -0.490 e. The van der Waals surface area contributed by atoms with Crippen LogP contribution in [-0.2, 0) is 9.53 Å². The molecule has 0 spiro atoms. The maximum absolute atomic E-state index is 12.0. The van der Waals surface area contributed by atoms with Crippen LogP contribution in [0, 0.1) is 0 Å². The molecular weight excluding hydrogens is 268 g/mol. The van der Waals surface area contributed by atoms with Crippen LogP contribution in [0.3, 0.4) is 0 Å². The second-order valence-corrected chi connectivity index (χ2v) is 5.62. The van der Waals surface area contributed by atoms with Gasteiger partial charge in [0.25, 0.3) is 0 Å². The van der Waals surface area contributed by atoms with Gasteiger partial charge in [-0.2, -0.15) is 0 Å². The highest BCUT2D eigenvalue weighted by Crippen LogP contribution is 2.25. The summed E-state index contributed by atoms with van der Waals surface area (Å²) in [5, 5.41) is 6.03. The third-order valence-electron chi connectivity index (χ3n) is 3.96. The molecule has 1 aliphatic carbocycles. The van der Waals surface area contributed by atoms with Crippen LogP contribution in [0.1, 0.15) is 25.7 Å². The van der Waals surface area contributed by atoms with Crippen molar-refractivity contribution < 1.29 is 14.3 Å². The molecule has 1 atom stereocenters. The molecule has 2 aliphatic rings. The number of hydrogen-bond acceptors (Lipinski definition) is 4. The summed E-state index contributed by atoms with van der Waals surface area (Å²) in [5.74, 6) is 0.818. The first kappa shape index (κ1) is 14.4. The number of carbonyl (C=O) groups is 1. The first-order valence-electron chi connectivity index (χ1n) is 7.70. The number of hydrogen-bond donors (Lipinski definition) is 2. The molecule has 1 saturated heterocycles. The number of rotatable bonds is 4. The third kappa shape index (κ3) is 3.95. The van der Waals surface area contributed by atoms with Gasteiger partial charge in [0.05, 0.1) is 19.3 Å². The molecule has 114 valence electrons. The van der Waals surface area contributed by atoms with Crippen molar-refractivity contribution in [2.45, 2.75) is 37.8 Å². The van der Waals surface area contributed by atoms with Crippen molar-refractivity contribution in [3.8, 4) is 5.75 Å². The van der Waals surface area contributed by atoms with Gasteiger partial charge < -0.3 is 20.1 Å². The van der Waals surface area contributed by atoms with Gasteiger partial charge in [0.1, 0.15) is 11.8 Å². The number of nitrogens with one attached hydrogen (secondary N) is 2. The van der Waals surface area contributed by atoms with Crippen molar-refractivity contribution in [2.75, 3.05) is 25.1 Å². The molecule has 2 N–H and O–H groups in total. The summed E-state index contributed by atoms with van der Waals surface area (Å²) in [6, 6.07) is 7.32. The van der Waals surface area contributed by atoms with E-state index in [2.05, 4.69) is 10.6 Å². The molecule has 1 aliphatic heterocycles. The Morgan fingerprint density at radius 2 is 2.00 bits per heavy atom. The molecule has 1 aromatic rings. The van der Waals surface area contributed by atoms with E-state index in [1.54, 1.807) is 0 Å². The van der Waals surface area contributed by atoms with Crippen molar-refractivity contribution in [3.05, 3.63) is 24.3 Å². The molecule has 1 amide bonds. The Labute approximate surface area is 125 Å². The zero-order valence-electron chi connectivity index (χ0n) is 12.1. The van der Waals surface area contributed by atoms with Gasteiger partial charge in [-0.15, -0.1) is 0 Å². The van der Waals surface area contributed by atoms with Gasteiger partial charge in [-0.05, 0) is 49.9 Å². The molecule has 1 aromatic carbocycles. The van der Waals surface area contributed by atoms with Crippen LogP contribution in [0.4, 0.5) is 5.69 Å². The topological polar surface area (TPSA) is 59.6 Å². The zero-order valence-corrected chi connectivity index (χ0v) is 12.1. The Balaban J connectivity index is 1.52. The molecule has 3 rings (SSSR count). The average molecular weight is 290 g/mol. The zero-order chi connectivity index (χ0) is 14.5. The van der Waals surface area contributed by atoms with Crippen molar-refractivity contribution in [2.24, 2.45) is 0 Å². The minimum atomic E-state index is -0.270. The number of carbonyl (C=O) groups excluding carboxylic acids is 1. The van der Waals surface area contributed by atoms with E-state index in [-0.39, 0.29) is 11.9 Å². The van der Waals surface area contributed by atoms with Crippen molar-refractivity contribution in [1.82, 2.24) is 5.32 Å². The minimum absolute atomic E-state index is 0.0563. The number of benzene rings is 1. The fourth-order valence-electron chi connectivity index (χ4n) is 2.78. The van der Waals surface area contributed by atoms with Gasteiger partial charge in [0, 0.05) is 12.2 Å². The lowest BCUT2D eigenvalue weighted by Gasteiger charge is -2.23. The molecule has 5 heteroatoms. The normalized spacial score (nSPS) is 23.0. The quantitative estimate of drug-likeness (QED) is 0.889. The Hall–Kier alpha value is -1.59. The van der Waals surface area contributed by atoms with E-state index in [9.17, 15) is 4.79 Å². The highest BCUT2D eigenvalue weighted by atomic mass is 16.5. The van der Waals surface area contributed by atoms with E-state index in [1.807, 2.05) is 24.3 Å². The Morgan fingerprint density at radius 1 is 1.24 bits per heavy atom. The summed E-state index contributed by atoms with van der Waals surface area (Å²) in [4.78, 5) is 12.0. The lowest BCUT2D eigenvalue weighted by molar-refractivity contribution is -0.120. The molecule has 21 heavy (non-hydrogen) atoms. The largest absolute Gasteiger partial charge is 0.490 e. The first-order chi connectivity index (χ1) is 10.3. The SMILES string of the molecule is O=C(Nc1ccc(OC2CCCC2)cc1)C1COCCN1. The van der Waals surface area contributed by atoms with Gasteiger partial charge in [-0.25, -0.2) is 0 Å². The average Bonchev–Trinajstić information content (AvgIpc) is 3.03. The van der Waals surface area contributed by atoms with Crippen molar-refractivity contribution in [3.63, 3.8) is 0 Å². The first-order valence-corrected chi connectivity index (χ1v) is 7.70. The van der Waals surface area contributed by atoms with E-state index in [4.69, 9.17) is 9.47 Å². The molecule has 0 bridgehead atoms. The van der Waals surface area contributed by atoms with Gasteiger partial charge in [0.2, 0.25) is 5.91 Å². The number of amides is 1. The number of ether oxygens (including phenoxy) is 2. The summed E-state index contributed by atoms with van der Waals surface area (Å²) < 4.78 is 11.2. The maximum atomic E-state index is 12.0. The number of morpholine rings is 1. The summed E-state index contributed by atoms with van der Waals surface area (Å²) in [6.45, 7) is 1.80. The lowest BCUT2D eigenvalue weighted by Crippen LogP contribution is -2.48. The summed E-state index contributed by atoms with van der Waals surface area (Å²) >= 11 is 0.